The number of rotatable bonds is 6. The number of hydrogen-bond acceptors (Lipinski definition) is 5. The minimum Gasteiger partial charge on any atom is -0.497 e. The third kappa shape index (κ3) is 6.31. The van der Waals surface area contributed by atoms with Crippen molar-refractivity contribution in [2.24, 2.45) is 4.99 Å². The van der Waals surface area contributed by atoms with E-state index in [9.17, 15) is 9.59 Å². The molecule has 0 aliphatic carbocycles. The van der Waals surface area contributed by atoms with Crippen LogP contribution in [0.1, 0.15) is 30.1 Å². The van der Waals surface area contributed by atoms with Gasteiger partial charge in [-0.2, -0.15) is 0 Å². The quantitative estimate of drug-likeness (QED) is 0.502. The monoisotopic (exact) mass is 410 g/mol. The van der Waals surface area contributed by atoms with Gasteiger partial charge in [-0.05, 0) is 43.2 Å². The minimum absolute atomic E-state index is 0.0482. The Morgan fingerprint density at radius 1 is 1.13 bits per heavy atom. The molecule has 3 N–H and O–H groups in total. The van der Waals surface area contributed by atoms with Gasteiger partial charge in [0, 0.05) is 36.5 Å². The largest absolute Gasteiger partial charge is 0.497 e. The van der Waals surface area contributed by atoms with Crippen molar-refractivity contribution in [1.29, 1.82) is 0 Å². The molecule has 2 aromatic rings. The molecular weight excluding hydrogens is 384 g/mol. The van der Waals surface area contributed by atoms with E-state index in [1.165, 1.54) is 6.92 Å². The minimum atomic E-state index is -0.344. The summed E-state index contributed by atoms with van der Waals surface area (Å²) in [6, 6.07) is 14.1. The van der Waals surface area contributed by atoms with Gasteiger partial charge in [0.05, 0.1) is 19.8 Å². The average molecular weight is 410 g/mol. The first kappa shape index (κ1) is 21.3. The van der Waals surface area contributed by atoms with Crippen LogP contribution in [0.25, 0.3) is 0 Å². The van der Waals surface area contributed by atoms with E-state index in [-0.39, 0.29) is 17.9 Å². The topological polar surface area (TPSA) is 101 Å². The number of aliphatic imine (C=N–C) groups is 1. The first-order chi connectivity index (χ1) is 14.5. The number of amides is 2. The summed E-state index contributed by atoms with van der Waals surface area (Å²) in [5, 5.41) is 8.63. The van der Waals surface area contributed by atoms with Crippen molar-refractivity contribution in [2.75, 3.05) is 30.9 Å². The summed E-state index contributed by atoms with van der Waals surface area (Å²) >= 11 is 0. The van der Waals surface area contributed by atoms with Crippen LogP contribution in [0.2, 0.25) is 0 Å². The van der Waals surface area contributed by atoms with Crippen LogP contribution < -0.4 is 20.7 Å². The van der Waals surface area contributed by atoms with Crippen molar-refractivity contribution in [3.63, 3.8) is 0 Å². The van der Waals surface area contributed by atoms with Crippen molar-refractivity contribution >= 4 is 29.1 Å². The molecule has 1 heterocycles. The predicted molar refractivity (Wildman–Crippen MR) is 116 cm³/mol. The fraction of sp³-hybridized carbons (Fsp3) is 0.318. The normalized spacial score (nSPS) is 16.1. The van der Waals surface area contributed by atoms with Crippen LogP contribution in [0.5, 0.6) is 5.75 Å². The number of ether oxygens (including phenoxy) is 2. The van der Waals surface area contributed by atoms with Gasteiger partial charge in [-0.15, -0.1) is 0 Å². The molecule has 1 aliphatic rings. The van der Waals surface area contributed by atoms with Crippen LogP contribution in [0, 0.1) is 0 Å². The van der Waals surface area contributed by atoms with Gasteiger partial charge in [-0.1, -0.05) is 12.1 Å². The molecule has 0 aromatic heterocycles. The lowest BCUT2D eigenvalue weighted by Crippen LogP contribution is -2.36. The van der Waals surface area contributed by atoms with E-state index in [1.54, 1.807) is 31.4 Å². The standard InChI is InChI=1S/C22H26N4O4/c1-15(27)24-17-7-3-6-16(12-17)21(28)26-22(23-14-20-10-5-11-30-20)25-18-8-4-9-19(13-18)29-2/h3-4,6-9,12-13,20H,5,10-11,14H2,1-2H3,(H,24,27)(H2,23,25,26,28)/t20-/m0/s1. The predicted octanol–water partition coefficient (Wildman–Crippen LogP) is 3.03. The molecule has 0 saturated carbocycles. The molecule has 8 heteroatoms. The summed E-state index contributed by atoms with van der Waals surface area (Å²) in [6.45, 7) is 2.60. The van der Waals surface area contributed by atoms with Crippen molar-refractivity contribution in [1.82, 2.24) is 5.32 Å². The smallest absolute Gasteiger partial charge is 0.258 e. The summed E-state index contributed by atoms with van der Waals surface area (Å²) in [6.07, 6.45) is 2.01. The van der Waals surface area contributed by atoms with E-state index in [1.807, 2.05) is 24.3 Å². The van der Waals surface area contributed by atoms with E-state index in [4.69, 9.17) is 9.47 Å². The molecule has 0 radical (unpaired) electrons. The zero-order chi connectivity index (χ0) is 21.3. The van der Waals surface area contributed by atoms with Crippen LogP contribution in [0.3, 0.4) is 0 Å². The highest BCUT2D eigenvalue weighted by atomic mass is 16.5. The number of carbonyl (C=O) groups is 2. The first-order valence-corrected chi connectivity index (χ1v) is 9.79. The van der Waals surface area contributed by atoms with Gasteiger partial charge in [-0.3, -0.25) is 14.9 Å². The molecule has 1 atom stereocenters. The third-order valence-corrected chi connectivity index (χ3v) is 4.49. The second kappa shape index (κ2) is 10.4. The van der Waals surface area contributed by atoms with Gasteiger partial charge in [-0.25, -0.2) is 4.99 Å². The van der Waals surface area contributed by atoms with Crippen LogP contribution in [-0.2, 0) is 9.53 Å². The van der Waals surface area contributed by atoms with E-state index in [0.29, 0.717) is 29.5 Å². The van der Waals surface area contributed by atoms with Gasteiger partial charge in [0.2, 0.25) is 11.9 Å². The zero-order valence-corrected chi connectivity index (χ0v) is 17.1. The number of carbonyl (C=O) groups excluding carboxylic acids is 2. The van der Waals surface area contributed by atoms with Crippen molar-refractivity contribution in [3.05, 3.63) is 54.1 Å². The number of methoxy groups -OCH3 is 1. The maximum atomic E-state index is 12.8. The first-order valence-electron chi connectivity index (χ1n) is 9.79. The van der Waals surface area contributed by atoms with Gasteiger partial charge in [0.25, 0.3) is 5.91 Å². The van der Waals surface area contributed by atoms with E-state index in [0.717, 1.165) is 25.1 Å². The Bertz CT molecular complexity index is 923. The lowest BCUT2D eigenvalue weighted by Gasteiger charge is -2.14. The summed E-state index contributed by atoms with van der Waals surface area (Å²) < 4.78 is 10.9. The Morgan fingerprint density at radius 3 is 2.60 bits per heavy atom. The number of nitrogens with one attached hydrogen (secondary N) is 3. The van der Waals surface area contributed by atoms with E-state index >= 15 is 0 Å². The lowest BCUT2D eigenvalue weighted by atomic mass is 10.2. The van der Waals surface area contributed by atoms with E-state index in [2.05, 4.69) is 20.9 Å². The van der Waals surface area contributed by atoms with Crippen LogP contribution in [0.4, 0.5) is 11.4 Å². The molecule has 1 aliphatic heterocycles. The lowest BCUT2D eigenvalue weighted by molar-refractivity contribution is -0.114. The molecule has 158 valence electrons. The van der Waals surface area contributed by atoms with Crippen LogP contribution >= 0.6 is 0 Å². The third-order valence-electron chi connectivity index (χ3n) is 4.49. The Balaban J connectivity index is 1.76. The molecule has 2 amide bonds. The van der Waals surface area contributed by atoms with Gasteiger partial charge in [0.1, 0.15) is 5.75 Å². The van der Waals surface area contributed by atoms with E-state index < -0.39 is 0 Å². The van der Waals surface area contributed by atoms with Crippen LogP contribution in [0.15, 0.2) is 53.5 Å². The number of benzene rings is 2. The molecular formula is C22H26N4O4. The molecule has 3 rings (SSSR count). The highest BCUT2D eigenvalue weighted by Crippen LogP contribution is 2.17. The highest BCUT2D eigenvalue weighted by molar-refractivity contribution is 6.10. The van der Waals surface area contributed by atoms with Crippen molar-refractivity contribution in [3.8, 4) is 5.75 Å². The molecule has 30 heavy (non-hydrogen) atoms. The molecule has 0 unspecified atom stereocenters. The van der Waals surface area contributed by atoms with Crippen molar-refractivity contribution < 1.29 is 19.1 Å². The average Bonchev–Trinajstić information content (AvgIpc) is 3.25. The number of nitrogens with zero attached hydrogens (tertiary/aromatic N) is 1. The Labute approximate surface area is 175 Å². The maximum Gasteiger partial charge on any atom is 0.258 e. The molecule has 2 aromatic carbocycles. The summed E-state index contributed by atoms with van der Waals surface area (Å²) in [5.74, 6) is 0.455. The van der Waals surface area contributed by atoms with Gasteiger partial charge in [0.15, 0.2) is 0 Å². The fourth-order valence-electron chi connectivity index (χ4n) is 3.05. The number of hydrogen-bond donors (Lipinski definition) is 3. The molecule has 1 saturated heterocycles. The summed E-state index contributed by atoms with van der Waals surface area (Å²) in [7, 11) is 1.59. The zero-order valence-electron chi connectivity index (χ0n) is 17.1. The second-order valence-corrected chi connectivity index (χ2v) is 6.90. The highest BCUT2D eigenvalue weighted by Gasteiger charge is 2.16. The second-order valence-electron chi connectivity index (χ2n) is 6.90. The fourth-order valence-corrected chi connectivity index (χ4v) is 3.05. The van der Waals surface area contributed by atoms with Crippen molar-refractivity contribution in [2.45, 2.75) is 25.9 Å². The Kier molecular flexibility index (Phi) is 7.40. The number of guanidine groups is 1. The van der Waals surface area contributed by atoms with Crippen LogP contribution in [-0.4, -0.2) is 44.1 Å². The SMILES string of the molecule is COc1cccc(NC(=NC[C@@H]2CCCO2)NC(=O)c2cccc(NC(C)=O)c2)c1. The summed E-state index contributed by atoms with van der Waals surface area (Å²) in [4.78, 5) is 28.6. The number of anilines is 2. The van der Waals surface area contributed by atoms with Gasteiger partial charge < -0.3 is 20.1 Å². The maximum absolute atomic E-state index is 12.8. The molecule has 8 nitrogen and oxygen atoms in total. The molecule has 0 spiro atoms. The molecule has 0 bridgehead atoms. The van der Waals surface area contributed by atoms with Gasteiger partial charge >= 0.3 is 0 Å². The Morgan fingerprint density at radius 2 is 1.90 bits per heavy atom. The summed E-state index contributed by atoms with van der Waals surface area (Å²) in [5.41, 5.74) is 1.68. The Hall–Kier alpha value is -3.39. The molecule has 1 fully saturated rings.